The Morgan fingerprint density at radius 2 is 1.74 bits per heavy atom. The van der Waals surface area contributed by atoms with E-state index in [0.29, 0.717) is 47.0 Å². The summed E-state index contributed by atoms with van der Waals surface area (Å²) in [5, 5.41) is 0. The number of fused-ring (bicyclic) bond motifs is 5. The molecule has 31 heavy (non-hydrogen) atoms. The zero-order valence-electron chi connectivity index (χ0n) is 17.5. The number of amides is 3. The topological polar surface area (TPSA) is 79.4 Å². The van der Waals surface area contributed by atoms with E-state index in [1.807, 2.05) is 0 Å². The van der Waals surface area contributed by atoms with Crippen LogP contribution in [0.1, 0.15) is 45.3 Å². The summed E-state index contributed by atoms with van der Waals surface area (Å²) in [6.45, 7) is 1.31. The van der Waals surface area contributed by atoms with Gasteiger partial charge >= 0.3 is 0 Å². The molecule has 3 heterocycles. The molecule has 3 aliphatic rings. The first-order chi connectivity index (χ1) is 15.1. The van der Waals surface area contributed by atoms with Crippen LogP contribution < -0.4 is 14.4 Å². The van der Waals surface area contributed by atoms with Crippen LogP contribution in [0.4, 0.5) is 5.69 Å². The number of likely N-dealkylation sites (tertiary alicyclic amines) is 1. The van der Waals surface area contributed by atoms with Gasteiger partial charge in [0.2, 0.25) is 5.91 Å². The third-order valence-corrected chi connectivity index (χ3v) is 6.25. The Hall–Kier alpha value is -3.55. The summed E-state index contributed by atoms with van der Waals surface area (Å²) in [5.41, 5.74) is 1.92. The summed E-state index contributed by atoms with van der Waals surface area (Å²) in [6, 6.07) is 10.5. The minimum atomic E-state index is -0.712. The van der Waals surface area contributed by atoms with Gasteiger partial charge in [-0.25, -0.2) is 0 Å². The number of carbonyl (C=O) groups excluding carboxylic acids is 3. The van der Waals surface area contributed by atoms with Gasteiger partial charge < -0.3 is 19.3 Å². The highest BCUT2D eigenvalue weighted by molar-refractivity contribution is 6.18. The lowest BCUT2D eigenvalue weighted by molar-refractivity contribution is -0.131. The molecule has 0 bridgehead atoms. The average molecular weight is 421 g/mol. The second kappa shape index (κ2) is 7.30. The van der Waals surface area contributed by atoms with Gasteiger partial charge in [-0.3, -0.25) is 19.3 Å². The van der Waals surface area contributed by atoms with E-state index in [9.17, 15) is 14.4 Å². The van der Waals surface area contributed by atoms with Gasteiger partial charge in [-0.2, -0.15) is 0 Å². The maximum absolute atomic E-state index is 13.6. The molecule has 1 fully saturated rings. The Morgan fingerprint density at radius 1 is 1.00 bits per heavy atom. The first kappa shape index (κ1) is 19.4. The van der Waals surface area contributed by atoms with Gasteiger partial charge in [-0.1, -0.05) is 18.2 Å². The van der Waals surface area contributed by atoms with Crippen molar-refractivity contribution in [2.24, 2.45) is 0 Å². The number of rotatable bonds is 4. The summed E-state index contributed by atoms with van der Waals surface area (Å²) in [6.07, 6.45) is 1.23. The maximum atomic E-state index is 13.6. The number of ether oxygens (including phenoxy) is 2. The van der Waals surface area contributed by atoms with E-state index in [-0.39, 0.29) is 24.3 Å². The maximum Gasteiger partial charge on any atom is 0.264 e. The van der Waals surface area contributed by atoms with Crippen LogP contribution in [-0.4, -0.2) is 61.4 Å². The second-order valence-corrected chi connectivity index (χ2v) is 7.85. The molecule has 0 unspecified atom stereocenters. The van der Waals surface area contributed by atoms with E-state index in [2.05, 4.69) is 0 Å². The summed E-state index contributed by atoms with van der Waals surface area (Å²) >= 11 is 0. The van der Waals surface area contributed by atoms with Crippen molar-refractivity contribution < 1.29 is 23.9 Å². The number of hydrogen-bond donors (Lipinski definition) is 0. The van der Waals surface area contributed by atoms with E-state index >= 15 is 0 Å². The van der Waals surface area contributed by atoms with Gasteiger partial charge in [0.05, 0.1) is 31.0 Å². The fourth-order valence-electron chi connectivity index (χ4n) is 4.80. The summed E-state index contributed by atoms with van der Waals surface area (Å²) in [4.78, 5) is 44.9. The fraction of sp³-hybridized carbons (Fsp3) is 0.348. The van der Waals surface area contributed by atoms with Crippen LogP contribution in [0.5, 0.6) is 11.5 Å². The number of para-hydroxylation sites is 1. The summed E-state index contributed by atoms with van der Waals surface area (Å²) in [7, 11) is 2.99. The summed E-state index contributed by atoms with van der Waals surface area (Å²) < 4.78 is 10.9. The molecule has 2 aromatic rings. The molecule has 0 aliphatic carbocycles. The molecule has 0 radical (unpaired) electrons. The molecule has 2 aromatic carbocycles. The van der Waals surface area contributed by atoms with E-state index in [1.165, 1.54) is 19.1 Å². The molecule has 3 aliphatic heterocycles. The van der Waals surface area contributed by atoms with Crippen molar-refractivity contribution in [2.75, 3.05) is 38.8 Å². The largest absolute Gasteiger partial charge is 0.493 e. The standard InChI is InChI=1S/C23H23N3O5/c1-30-17-10-9-15-19(20(17)31-2)23(29)26-16-8-4-3-7-14(16)22(28)25(21(15)26)13-18(27)24-11-5-6-12-24/h3-4,7-10,21H,5-6,11-13H2,1-2H3/t21-/m1/s1. The Balaban J connectivity index is 1.65. The third kappa shape index (κ3) is 2.78. The van der Waals surface area contributed by atoms with Crippen molar-refractivity contribution in [3.05, 3.63) is 53.1 Å². The lowest BCUT2D eigenvalue weighted by Gasteiger charge is -2.40. The van der Waals surface area contributed by atoms with Gasteiger partial charge in [-0.15, -0.1) is 0 Å². The van der Waals surface area contributed by atoms with Crippen LogP contribution in [0.25, 0.3) is 0 Å². The molecule has 1 saturated heterocycles. The number of methoxy groups -OCH3 is 2. The smallest absolute Gasteiger partial charge is 0.264 e. The van der Waals surface area contributed by atoms with Gasteiger partial charge in [0, 0.05) is 18.7 Å². The van der Waals surface area contributed by atoms with Crippen molar-refractivity contribution >= 4 is 23.4 Å². The SMILES string of the molecule is COc1ccc2c(c1OC)C(=O)N1c3ccccc3C(=O)N(CC(=O)N3CCCC3)[C@@H]21. The fourth-order valence-corrected chi connectivity index (χ4v) is 4.80. The Morgan fingerprint density at radius 3 is 2.45 bits per heavy atom. The first-order valence-corrected chi connectivity index (χ1v) is 10.3. The van der Waals surface area contributed by atoms with E-state index in [0.717, 1.165) is 12.8 Å². The number of nitrogens with zero attached hydrogens (tertiary/aromatic N) is 3. The Kier molecular flexibility index (Phi) is 4.57. The molecule has 8 nitrogen and oxygen atoms in total. The van der Waals surface area contributed by atoms with Crippen molar-refractivity contribution in [1.82, 2.24) is 9.80 Å². The molecule has 0 saturated carbocycles. The normalized spacial score (nSPS) is 19.3. The zero-order chi connectivity index (χ0) is 21.7. The van der Waals surface area contributed by atoms with Crippen LogP contribution in [0.2, 0.25) is 0 Å². The highest BCUT2D eigenvalue weighted by atomic mass is 16.5. The van der Waals surface area contributed by atoms with E-state index < -0.39 is 6.17 Å². The molecule has 5 rings (SSSR count). The molecule has 3 amide bonds. The zero-order valence-corrected chi connectivity index (χ0v) is 17.5. The van der Waals surface area contributed by atoms with E-state index in [4.69, 9.17) is 9.47 Å². The lowest BCUT2D eigenvalue weighted by Crippen LogP contribution is -2.51. The van der Waals surface area contributed by atoms with Crippen LogP contribution in [0, 0.1) is 0 Å². The highest BCUT2D eigenvalue weighted by Crippen LogP contribution is 2.49. The van der Waals surface area contributed by atoms with Gasteiger partial charge in [-0.05, 0) is 31.0 Å². The molecule has 1 atom stereocenters. The van der Waals surface area contributed by atoms with Crippen LogP contribution in [0.15, 0.2) is 36.4 Å². The Bertz CT molecular complexity index is 1090. The first-order valence-electron chi connectivity index (χ1n) is 10.3. The summed E-state index contributed by atoms with van der Waals surface area (Å²) in [5.74, 6) is 0.115. The monoisotopic (exact) mass is 421 g/mol. The average Bonchev–Trinajstić information content (AvgIpc) is 3.43. The highest BCUT2D eigenvalue weighted by Gasteiger charge is 2.50. The number of benzene rings is 2. The molecule has 0 N–H and O–H groups in total. The van der Waals surface area contributed by atoms with Gasteiger partial charge in [0.1, 0.15) is 12.7 Å². The van der Waals surface area contributed by atoms with E-state index in [1.54, 1.807) is 46.2 Å². The van der Waals surface area contributed by atoms with Crippen molar-refractivity contribution in [2.45, 2.75) is 19.0 Å². The minimum absolute atomic E-state index is 0.0879. The number of anilines is 1. The number of carbonyl (C=O) groups is 3. The predicted octanol–water partition coefficient (Wildman–Crippen LogP) is 2.44. The van der Waals surface area contributed by atoms with Gasteiger partial charge in [0.15, 0.2) is 11.5 Å². The van der Waals surface area contributed by atoms with Crippen LogP contribution >= 0.6 is 0 Å². The predicted molar refractivity (Wildman–Crippen MR) is 112 cm³/mol. The quantitative estimate of drug-likeness (QED) is 0.758. The van der Waals surface area contributed by atoms with Crippen molar-refractivity contribution in [3.8, 4) is 11.5 Å². The van der Waals surface area contributed by atoms with Gasteiger partial charge in [0.25, 0.3) is 11.8 Å². The Labute approximate surface area is 179 Å². The molecule has 0 aromatic heterocycles. The lowest BCUT2D eigenvalue weighted by atomic mass is 10.0. The second-order valence-electron chi connectivity index (χ2n) is 7.85. The van der Waals surface area contributed by atoms with Crippen LogP contribution in [-0.2, 0) is 4.79 Å². The van der Waals surface area contributed by atoms with Crippen molar-refractivity contribution in [3.63, 3.8) is 0 Å². The van der Waals surface area contributed by atoms with Crippen molar-refractivity contribution in [1.29, 1.82) is 0 Å². The molecule has 0 spiro atoms. The molecular formula is C23H23N3O5. The minimum Gasteiger partial charge on any atom is -0.493 e. The third-order valence-electron chi connectivity index (χ3n) is 6.25. The number of hydrogen-bond acceptors (Lipinski definition) is 5. The molecular weight excluding hydrogens is 398 g/mol. The van der Waals surface area contributed by atoms with Crippen LogP contribution in [0.3, 0.4) is 0 Å². The molecule has 160 valence electrons. The molecule has 8 heteroatoms.